The summed E-state index contributed by atoms with van der Waals surface area (Å²) in [6.45, 7) is 1.99. The van der Waals surface area contributed by atoms with E-state index in [1.807, 2.05) is 36.4 Å². The van der Waals surface area contributed by atoms with Crippen LogP contribution in [0.4, 0.5) is 10.5 Å². The number of carbonyl (C=O) groups is 3. The number of aryl methyl sites for hydroxylation is 1. The van der Waals surface area contributed by atoms with Crippen molar-refractivity contribution < 1.29 is 24.2 Å². The predicted octanol–water partition coefficient (Wildman–Crippen LogP) is 3.86. The molecule has 0 spiro atoms. The summed E-state index contributed by atoms with van der Waals surface area (Å²) in [6, 6.07) is 16.1. The molecule has 0 bridgehead atoms. The van der Waals surface area contributed by atoms with Crippen molar-refractivity contribution in [1.29, 1.82) is 0 Å². The van der Waals surface area contributed by atoms with Gasteiger partial charge in [0.25, 0.3) is 5.91 Å². The minimum absolute atomic E-state index is 0.0935. The number of amides is 2. The van der Waals surface area contributed by atoms with E-state index in [2.05, 4.69) is 22.5 Å². The molecule has 1 aliphatic carbocycles. The molecule has 1 fully saturated rings. The second kappa shape index (κ2) is 8.57. The number of ether oxygens (including phenoxy) is 1. The van der Waals surface area contributed by atoms with Gasteiger partial charge in [0.15, 0.2) is 0 Å². The minimum atomic E-state index is -1.30. The van der Waals surface area contributed by atoms with Crippen molar-refractivity contribution in [2.75, 3.05) is 18.5 Å². The molecule has 5 rings (SSSR count). The van der Waals surface area contributed by atoms with Gasteiger partial charge in [0.05, 0.1) is 11.9 Å². The maximum Gasteiger partial charge on any atom is 0.411 e. The third-order valence-electron chi connectivity index (χ3n) is 7.07. The van der Waals surface area contributed by atoms with Gasteiger partial charge in [0.1, 0.15) is 17.8 Å². The number of likely N-dealkylation sites (tertiary alicyclic amines) is 1. The second-order valence-corrected chi connectivity index (χ2v) is 9.12. The Labute approximate surface area is 202 Å². The number of aliphatic carboxylic acids is 1. The van der Waals surface area contributed by atoms with Gasteiger partial charge in [0, 0.05) is 19.5 Å². The molecule has 2 aliphatic rings. The number of aromatic nitrogens is 2. The predicted molar refractivity (Wildman–Crippen MR) is 128 cm³/mol. The fourth-order valence-corrected chi connectivity index (χ4v) is 5.17. The van der Waals surface area contributed by atoms with E-state index in [1.165, 1.54) is 22.7 Å². The van der Waals surface area contributed by atoms with Crippen LogP contribution in [0.5, 0.6) is 0 Å². The van der Waals surface area contributed by atoms with Crippen molar-refractivity contribution in [3.05, 3.63) is 71.5 Å². The summed E-state index contributed by atoms with van der Waals surface area (Å²) in [4.78, 5) is 39.2. The highest BCUT2D eigenvalue weighted by atomic mass is 16.5. The zero-order valence-corrected chi connectivity index (χ0v) is 19.5. The molecular formula is C26H26N4O5. The van der Waals surface area contributed by atoms with Crippen molar-refractivity contribution in [2.24, 2.45) is 7.05 Å². The molecule has 9 nitrogen and oxygen atoms in total. The molecule has 9 heteroatoms. The average molecular weight is 475 g/mol. The van der Waals surface area contributed by atoms with Crippen LogP contribution in [-0.2, 0) is 16.6 Å². The number of hydrogen-bond donors (Lipinski definition) is 2. The highest BCUT2D eigenvalue weighted by Gasteiger charge is 2.47. The molecule has 2 heterocycles. The Bertz CT molecular complexity index is 1290. The molecular weight excluding hydrogens is 448 g/mol. The van der Waals surface area contributed by atoms with Gasteiger partial charge in [-0.2, -0.15) is 5.10 Å². The van der Waals surface area contributed by atoms with Gasteiger partial charge in [0.2, 0.25) is 0 Å². The zero-order chi connectivity index (χ0) is 24.7. The highest BCUT2D eigenvalue weighted by Crippen LogP contribution is 2.44. The van der Waals surface area contributed by atoms with Crippen molar-refractivity contribution in [2.45, 2.75) is 31.2 Å². The van der Waals surface area contributed by atoms with Crippen molar-refractivity contribution in [3.8, 4) is 11.1 Å². The summed E-state index contributed by atoms with van der Waals surface area (Å²) in [5.74, 6) is -1.65. The van der Waals surface area contributed by atoms with Gasteiger partial charge in [-0.25, -0.2) is 9.59 Å². The molecule has 35 heavy (non-hydrogen) atoms. The zero-order valence-electron chi connectivity index (χ0n) is 19.5. The number of carboxylic acids is 1. The lowest BCUT2D eigenvalue weighted by molar-refractivity contribution is -0.147. The number of carbonyl (C=O) groups excluding carboxylic acids is 2. The van der Waals surface area contributed by atoms with Crippen LogP contribution in [-0.4, -0.2) is 56.4 Å². The van der Waals surface area contributed by atoms with E-state index in [0.29, 0.717) is 19.4 Å². The van der Waals surface area contributed by atoms with Crippen LogP contribution in [0.1, 0.15) is 47.3 Å². The Hall–Kier alpha value is -4.14. The summed E-state index contributed by atoms with van der Waals surface area (Å²) in [6.07, 6.45) is 1.60. The van der Waals surface area contributed by atoms with Crippen molar-refractivity contribution in [1.82, 2.24) is 14.7 Å². The van der Waals surface area contributed by atoms with Crippen LogP contribution in [0.2, 0.25) is 0 Å². The molecule has 1 saturated heterocycles. The summed E-state index contributed by atoms with van der Waals surface area (Å²) in [7, 11) is 1.57. The Morgan fingerprint density at radius 1 is 1.11 bits per heavy atom. The molecule has 2 N–H and O–H groups in total. The quantitative estimate of drug-likeness (QED) is 0.581. The fraction of sp³-hybridized carbons (Fsp3) is 0.308. The lowest BCUT2D eigenvalue weighted by Crippen LogP contribution is -2.51. The first kappa shape index (κ1) is 22.6. The van der Waals surface area contributed by atoms with Crippen molar-refractivity contribution in [3.63, 3.8) is 0 Å². The van der Waals surface area contributed by atoms with Gasteiger partial charge in [-0.05, 0) is 42.0 Å². The van der Waals surface area contributed by atoms with Crippen LogP contribution in [0, 0.1) is 0 Å². The molecule has 2 amide bonds. The standard InChI is InChI=1S/C26H26N4O5/c1-26(24(32)33)12-7-13-30(26)23(31)22-21(14-27-29(22)2)28-25(34)35-15-20-18-10-5-3-8-16(18)17-9-4-6-11-19(17)20/h3-6,8-11,14,20H,7,12-13,15H2,1-2H3,(H,28,34)(H,32,33)/t26-/m1/s1. The van der Waals surface area contributed by atoms with Crippen LogP contribution in [0.25, 0.3) is 11.1 Å². The second-order valence-electron chi connectivity index (χ2n) is 9.12. The smallest absolute Gasteiger partial charge is 0.411 e. The monoisotopic (exact) mass is 474 g/mol. The van der Waals surface area contributed by atoms with E-state index < -0.39 is 23.5 Å². The summed E-state index contributed by atoms with van der Waals surface area (Å²) >= 11 is 0. The molecule has 1 atom stereocenters. The van der Waals surface area contributed by atoms with Gasteiger partial charge in [-0.15, -0.1) is 0 Å². The topological polar surface area (TPSA) is 114 Å². The first-order valence-electron chi connectivity index (χ1n) is 11.5. The molecule has 0 saturated carbocycles. The lowest BCUT2D eigenvalue weighted by Gasteiger charge is -2.31. The Kier molecular flexibility index (Phi) is 5.55. The van der Waals surface area contributed by atoms with E-state index >= 15 is 0 Å². The van der Waals surface area contributed by atoms with Crippen LogP contribution >= 0.6 is 0 Å². The molecule has 3 aromatic rings. The maximum atomic E-state index is 13.3. The lowest BCUT2D eigenvalue weighted by atomic mass is 9.98. The van der Waals surface area contributed by atoms with Crippen LogP contribution < -0.4 is 5.32 Å². The van der Waals surface area contributed by atoms with E-state index in [4.69, 9.17) is 4.74 Å². The Balaban J connectivity index is 1.32. The van der Waals surface area contributed by atoms with Crippen LogP contribution in [0.3, 0.4) is 0 Å². The normalized spacial score (nSPS) is 18.7. The van der Waals surface area contributed by atoms with E-state index in [9.17, 15) is 19.5 Å². The number of benzene rings is 2. The van der Waals surface area contributed by atoms with Gasteiger partial charge >= 0.3 is 12.1 Å². The van der Waals surface area contributed by atoms with E-state index in [1.54, 1.807) is 7.05 Å². The summed E-state index contributed by atoms with van der Waals surface area (Å²) < 4.78 is 6.92. The Morgan fingerprint density at radius 3 is 2.37 bits per heavy atom. The number of carboxylic acid groups (broad SMARTS) is 1. The number of fused-ring (bicyclic) bond motifs is 3. The molecule has 2 aromatic carbocycles. The summed E-state index contributed by atoms with van der Waals surface area (Å²) in [5.41, 5.74) is 3.43. The summed E-state index contributed by atoms with van der Waals surface area (Å²) in [5, 5.41) is 16.4. The van der Waals surface area contributed by atoms with Gasteiger partial charge < -0.3 is 14.7 Å². The third kappa shape index (κ3) is 3.73. The number of hydrogen-bond acceptors (Lipinski definition) is 5. The molecule has 1 aliphatic heterocycles. The largest absolute Gasteiger partial charge is 0.480 e. The fourth-order valence-electron chi connectivity index (χ4n) is 5.17. The van der Waals surface area contributed by atoms with Gasteiger partial charge in [-0.1, -0.05) is 48.5 Å². The minimum Gasteiger partial charge on any atom is -0.480 e. The number of anilines is 1. The first-order chi connectivity index (χ1) is 16.8. The number of nitrogens with one attached hydrogen (secondary N) is 1. The third-order valence-corrected chi connectivity index (χ3v) is 7.07. The highest BCUT2D eigenvalue weighted by molar-refractivity contribution is 6.03. The first-order valence-corrected chi connectivity index (χ1v) is 11.5. The number of nitrogens with zero attached hydrogens (tertiary/aromatic N) is 3. The van der Waals surface area contributed by atoms with Gasteiger partial charge in [-0.3, -0.25) is 14.8 Å². The molecule has 0 unspecified atom stereocenters. The van der Waals surface area contributed by atoms with E-state index in [-0.39, 0.29) is 23.9 Å². The Morgan fingerprint density at radius 2 is 1.74 bits per heavy atom. The average Bonchev–Trinajstić information content (AvgIpc) is 3.51. The SMILES string of the molecule is Cn1ncc(NC(=O)OCC2c3ccccc3-c3ccccc32)c1C(=O)N1CCC[C@]1(C)C(=O)O. The molecule has 1 aromatic heterocycles. The number of rotatable bonds is 5. The van der Waals surface area contributed by atoms with Crippen molar-refractivity contribution >= 4 is 23.7 Å². The van der Waals surface area contributed by atoms with Crippen LogP contribution in [0.15, 0.2) is 54.7 Å². The van der Waals surface area contributed by atoms with E-state index in [0.717, 1.165) is 22.3 Å². The molecule has 0 radical (unpaired) electrons. The maximum absolute atomic E-state index is 13.3. The molecule has 180 valence electrons.